The highest BCUT2D eigenvalue weighted by atomic mass is 79.9. The van der Waals surface area contributed by atoms with Crippen LogP contribution in [0.5, 0.6) is 5.75 Å². The minimum absolute atomic E-state index is 0.823. The van der Waals surface area contributed by atoms with Crippen molar-refractivity contribution < 1.29 is 4.74 Å². The van der Waals surface area contributed by atoms with E-state index in [1.165, 1.54) is 0 Å². The Morgan fingerprint density at radius 3 is 2.70 bits per heavy atom. The minimum Gasteiger partial charge on any atom is -0.496 e. The summed E-state index contributed by atoms with van der Waals surface area (Å²) in [5, 5.41) is 6.67. The van der Waals surface area contributed by atoms with Gasteiger partial charge in [-0.15, -0.1) is 0 Å². The molecule has 0 aliphatic carbocycles. The van der Waals surface area contributed by atoms with E-state index in [0.717, 1.165) is 47.8 Å². The van der Waals surface area contributed by atoms with E-state index in [0.29, 0.717) is 0 Å². The minimum atomic E-state index is 0.823. The van der Waals surface area contributed by atoms with Gasteiger partial charge in [-0.2, -0.15) is 5.10 Å². The highest BCUT2D eigenvalue weighted by Gasteiger charge is 2.16. The van der Waals surface area contributed by atoms with Gasteiger partial charge in [0.1, 0.15) is 11.6 Å². The van der Waals surface area contributed by atoms with Crippen molar-refractivity contribution in [1.82, 2.24) is 9.99 Å². The molecule has 0 saturated carbocycles. The largest absolute Gasteiger partial charge is 0.496 e. The van der Waals surface area contributed by atoms with E-state index in [-0.39, 0.29) is 0 Å². The van der Waals surface area contributed by atoms with Crippen LogP contribution >= 0.6 is 15.9 Å². The molecule has 3 rings (SSSR count). The molecule has 1 aromatic heterocycles. The Bertz CT molecular complexity index is 670. The van der Waals surface area contributed by atoms with Crippen LogP contribution in [0.25, 0.3) is 0 Å². The summed E-state index contributed by atoms with van der Waals surface area (Å²) in [4.78, 5) is 6.68. The summed E-state index contributed by atoms with van der Waals surface area (Å²) in [6, 6.07) is 11.9. The van der Waals surface area contributed by atoms with Crippen molar-refractivity contribution in [2.24, 2.45) is 5.10 Å². The number of anilines is 1. The first kappa shape index (κ1) is 15.8. The number of rotatable bonds is 4. The highest BCUT2D eigenvalue weighted by Crippen LogP contribution is 2.21. The molecule has 2 heterocycles. The lowest BCUT2D eigenvalue weighted by Crippen LogP contribution is -2.44. The average molecular weight is 375 g/mol. The number of benzene rings is 1. The molecule has 1 saturated heterocycles. The third-order valence-electron chi connectivity index (χ3n) is 3.78. The first-order valence-electron chi connectivity index (χ1n) is 7.55. The summed E-state index contributed by atoms with van der Waals surface area (Å²) in [6.07, 6.45) is 3.69. The zero-order valence-electron chi connectivity index (χ0n) is 13.0. The first-order valence-corrected chi connectivity index (χ1v) is 8.34. The number of pyridine rings is 1. The molecule has 6 heteroatoms. The molecular weight excluding hydrogens is 356 g/mol. The maximum Gasteiger partial charge on any atom is 0.128 e. The van der Waals surface area contributed by atoms with Gasteiger partial charge < -0.3 is 9.64 Å². The van der Waals surface area contributed by atoms with E-state index in [1.807, 2.05) is 48.8 Å². The quantitative estimate of drug-likeness (QED) is 0.771. The summed E-state index contributed by atoms with van der Waals surface area (Å²) >= 11 is 3.48. The zero-order valence-corrected chi connectivity index (χ0v) is 14.6. The van der Waals surface area contributed by atoms with Gasteiger partial charge in [-0.3, -0.25) is 5.01 Å². The van der Waals surface area contributed by atoms with E-state index >= 15 is 0 Å². The summed E-state index contributed by atoms with van der Waals surface area (Å²) in [7, 11) is 1.67. The fourth-order valence-electron chi connectivity index (χ4n) is 2.53. The van der Waals surface area contributed by atoms with E-state index < -0.39 is 0 Å². The molecule has 1 aliphatic heterocycles. The smallest absolute Gasteiger partial charge is 0.128 e. The zero-order chi connectivity index (χ0) is 16.1. The lowest BCUT2D eigenvalue weighted by atomic mass is 10.2. The number of ether oxygens (including phenoxy) is 1. The second kappa shape index (κ2) is 7.46. The molecule has 1 fully saturated rings. The second-order valence-electron chi connectivity index (χ2n) is 5.26. The predicted octanol–water partition coefficient (Wildman–Crippen LogP) is 3.01. The number of halogens is 1. The Morgan fingerprint density at radius 2 is 2.00 bits per heavy atom. The second-order valence-corrected chi connectivity index (χ2v) is 6.18. The van der Waals surface area contributed by atoms with E-state index in [9.17, 15) is 0 Å². The lowest BCUT2D eigenvalue weighted by Gasteiger charge is -2.33. The van der Waals surface area contributed by atoms with Gasteiger partial charge in [0, 0.05) is 29.3 Å². The van der Waals surface area contributed by atoms with Gasteiger partial charge in [0.15, 0.2) is 0 Å². The van der Waals surface area contributed by atoms with Gasteiger partial charge in [0.05, 0.1) is 26.4 Å². The molecule has 0 bridgehead atoms. The number of hydrogen-bond donors (Lipinski definition) is 0. The standard InChI is InChI=1S/C17H19BrN4O/c1-23-16-6-5-15(18)12-14(16)13-20-22-10-8-21(9-11-22)17-4-2-3-7-19-17/h2-7,12-13H,8-11H2,1H3. The van der Waals surface area contributed by atoms with Crippen LogP contribution < -0.4 is 9.64 Å². The Kier molecular flexibility index (Phi) is 5.12. The van der Waals surface area contributed by atoms with Crippen molar-refractivity contribution >= 4 is 28.0 Å². The summed E-state index contributed by atoms with van der Waals surface area (Å²) in [5.41, 5.74) is 0.967. The van der Waals surface area contributed by atoms with E-state index in [2.05, 4.69) is 35.9 Å². The fourth-order valence-corrected chi connectivity index (χ4v) is 2.91. The Labute approximate surface area is 144 Å². The Hall–Kier alpha value is -2.08. The van der Waals surface area contributed by atoms with Crippen molar-refractivity contribution in [1.29, 1.82) is 0 Å². The molecule has 1 aromatic carbocycles. The maximum atomic E-state index is 5.37. The molecule has 0 amide bonds. The number of aromatic nitrogens is 1. The molecule has 0 radical (unpaired) electrons. The van der Waals surface area contributed by atoms with Crippen LogP contribution in [0.1, 0.15) is 5.56 Å². The molecule has 2 aromatic rings. The number of piperazine rings is 1. The predicted molar refractivity (Wildman–Crippen MR) is 96.3 cm³/mol. The number of hydrazone groups is 1. The van der Waals surface area contributed by atoms with Crippen molar-refractivity contribution in [3.8, 4) is 5.75 Å². The maximum absolute atomic E-state index is 5.37. The number of hydrogen-bond acceptors (Lipinski definition) is 5. The molecule has 0 unspecified atom stereocenters. The van der Waals surface area contributed by atoms with Gasteiger partial charge in [0.2, 0.25) is 0 Å². The summed E-state index contributed by atoms with van der Waals surface area (Å²) in [5.74, 6) is 1.86. The lowest BCUT2D eigenvalue weighted by molar-refractivity contribution is 0.271. The third kappa shape index (κ3) is 4.01. The van der Waals surface area contributed by atoms with Gasteiger partial charge in [0.25, 0.3) is 0 Å². The van der Waals surface area contributed by atoms with E-state index in [4.69, 9.17) is 4.74 Å². The van der Waals surface area contributed by atoms with Crippen molar-refractivity contribution in [3.63, 3.8) is 0 Å². The molecule has 23 heavy (non-hydrogen) atoms. The molecule has 0 N–H and O–H groups in total. The van der Waals surface area contributed by atoms with Crippen LogP contribution in [0, 0.1) is 0 Å². The number of methoxy groups -OCH3 is 1. The van der Waals surface area contributed by atoms with Crippen molar-refractivity contribution in [2.45, 2.75) is 0 Å². The van der Waals surface area contributed by atoms with Crippen molar-refractivity contribution in [2.75, 3.05) is 38.2 Å². The van der Waals surface area contributed by atoms with Crippen LogP contribution in [0.4, 0.5) is 5.82 Å². The molecule has 120 valence electrons. The molecule has 0 atom stereocenters. The van der Waals surface area contributed by atoms with Crippen LogP contribution in [0.2, 0.25) is 0 Å². The molecule has 1 aliphatic rings. The highest BCUT2D eigenvalue weighted by molar-refractivity contribution is 9.10. The van der Waals surface area contributed by atoms with Crippen LogP contribution in [-0.2, 0) is 0 Å². The van der Waals surface area contributed by atoms with Gasteiger partial charge in [-0.25, -0.2) is 4.98 Å². The topological polar surface area (TPSA) is 41.0 Å². The monoisotopic (exact) mass is 374 g/mol. The van der Waals surface area contributed by atoms with Crippen LogP contribution in [0.15, 0.2) is 52.2 Å². The molecule has 0 spiro atoms. The van der Waals surface area contributed by atoms with Crippen molar-refractivity contribution in [3.05, 3.63) is 52.6 Å². The van der Waals surface area contributed by atoms with Crippen LogP contribution in [-0.4, -0.2) is 49.5 Å². The first-order chi connectivity index (χ1) is 11.3. The fraction of sp³-hybridized carbons (Fsp3) is 0.294. The van der Waals surface area contributed by atoms with Crippen LogP contribution in [0.3, 0.4) is 0 Å². The summed E-state index contributed by atoms with van der Waals surface area (Å²) in [6.45, 7) is 3.60. The summed E-state index contributed by atoms with van der Waals surface area (Å²) < 4.78 is 6.38. The van der Waals surface area contributed by atoms with Gasteiger partial charge in [-0.1, -0.05) is 22.0 Å². The average Bonchev–Trinajstić information content (AvgIpc) is 2.61. The normalized spacial score (nSPS) is 15.2. The Morgan fingerprint density at radius 1 is 1.17 bits per heavy atom. The van der Waals surface area contributed by atoms with E-state index in [1.54, 1.807) is 7.11 Å². The van der Waals surface area contributed by atoms with Gasteiger partial charge in [-0.05, 0) is 30.3 Å². The number of nitrogens with zero attached hydrogens (tertiary/aromatic N) is 4. The SMILES string of the molecule is COc1ccc(Br)cc1C=NN1CCN(c2ccccn2)CC1. The Balaban J connectivity index is 1.62. The third-order valence-corrected chi connectivity index (χ3v) is 4.27. The molecule has 5 nitrogen and oxygen atoms in total. The molecular formula is C17H19BrN4O. The van der Waals surface area contributed by atoms with Gasteiger partial charge >= 0.3 is 0 Å².